The number of piperazine rings is 1. The molecule has 1 aliphatic rings. The molecule has 0 aromatic heterocycles. The number of nitro groups is 1. The lowest BCUT2D eigenvalue weighted by Crippen LogP contribution is -2.50. The van der Waals surface area contributed by atoms with Gasteiger partial charge in [-0.15, -0.1) is 0 Å². The predicted octanol–water partition coefficient (Wildman–Crippen LogP) is 2.14. The highest BCUT2D eigenvalue weighted by molar-refractivity contribution is 7.89. The fourth-order valence-corrected chi connectivity index (χ4v) is 4.54. The number of sulfonamides is 1. The molecule has 1 saturated heterocycles. The fraction of sp³-hybridized carbons (Fsp3) is 0.316. The topological polar surface area (TPSA) is 110 Å². The lowest BCUT2D eigenvalue weighted by Gasteiger charge is -2.34. The summed E-state index contributed by atoms with van der Waals surface area (Å²) in [6, 6.07) is 11.8. The molecule has 0 aliphatic carbocycles. The van der Waals surface area contributed by atoms with E-state index >= 15 is 0 Å². The van der Waals surface area contributed by atoms with Crippen LogP contribution in [-0.2, 0) is 10.0 Å². The number of ether oxygens (including phenoxy) is 1. The van der Waals surface area contributed by atoms with E-state index in [0.717, 1.165) is 6.07 Å². The molecule has 9 nitrogen and oxygen atoms in total. The molecule has 1 aliphatic heterocycles. The van der Waals surface area contributed by atoms with E-state index in [1.165, 1.54) is 22.5 Å². The Balaban J connectivity index is 1.67. The summed E-state index contributed by atoms with van der Waals surface area (Å²) in [6.07, 6.45) is 0. The van der Waals surface area contributed by atoms with Crippen molar-refractivity contribution in [1.82, 2.24) is 9.21 Å². The summed E-state index contributed by atoms with van der Waals surface area (Å²) in [5, 5.41) is 10.9. The first-order valence-corrected chi connectivity index (χ1v) is 10.5. The van der Waals surface area contributed by atoms with Crippen molar-refractivity contribution in [2.75, 3.05) is 32.8 Å². The van der Waals surface area contributed by atoms with Gasteiger partial charge in [0.15, 0.2) is 0 Å². The maximum atomic E-state index is 12.8. The zero-order valence-corrected chi connectivity index (χ0v) is 16.7. The van der Waals surface area contributed by atoms with Gasteiger partial charge in [0, 0.05) is 43.9 Å². The minimum absolute atomic E-state index is 0.119. The highest BCUT2D eigenvalue weighted by Gasteiger charge is 2.31. The number of carbonyl (C=O) groups excluding carboxylic acids is 1. The minimum atomic E-state index is -3.87. The number of hydrogen-bond acceptors (Lipinski definition) is 6. The van der Waals surface area contributed by atoms with Crippen LogP contribution in [0.4, 0.5) is 5.69 Å². The Morgan fingerprint density at radius 2 is 1.76 bits per heavy atom. The van der Waals surface area contributed by atoms with E-state index in [0.29, 0.717) is 17.9 Å². The average Bonchev–Trinajstić information content (AvgIpc) is 2.74. The quantitative estimate of drug-likeness (QED) is 0.524. The normalized spacial score (nSPS) is 15.1. The van der Waals surface area contributed by atoms with Crippen LogP contribution in [0, 0.1) is 10.1 Å². The highest BCUT2D eigenvalue weighted by Crippen LogP contribution is 2.22. The molecule has 1 fully saturated rings. The SMILES string of the molecule is CCOc1ccc(C(=O)N2CCN(S(=O)(=O)c3cccc([N+](=O)[O-])c3)CC2)cc1. The molecule has 0 saturated carbocycles. The van der Waals surface area contributed by atoms with Crippen LogP contribution in [-0.4, -0.2) is 61.2 Å². The van der Waals surface area contributed by atoms with Crippen molar-refractivity contribution in [2.24, 2.45) is 0 Å². The Bertz CT molecular complexity index is 999. The number of nitro benzene ring substituents is 1. The number of non-ortho nitro benzene ring substituents is 1. The van der Waals surface area contributed by atoms with E-state index in [9.17, 15) is 23.3 Å². The van der Waals surface area contributed by atoms with Gasteiger partial charge in [-0.1, -0.05) is 6.07 Å². The number of benzene rings is 2. The summed E-state index contributed by atoms with van der Waals surface area (Å²) in [6.45, 7) is 3.12. The minimum Gasteiger partial charge on any atom is -0.494 e. The van der Waals surface area contributed by atoms with Gasteiger partial charge in [-0.2, -0.15) is 4.31 Å². The molecule has 2 aromatic rings. The number of nitrogens with zero attached hydrogens (tertiary/aromatic N) is 3. The van der Waals surface area contributed by atoms with Crippen LogP contribution in [0.1, 0.15) is 17.3 Å². The molecule has 1 heterocycles. The van der Waals surface area contributed by atoms with Gasteiger partial charge >= 0.3 is 0 Å². The molecule has 3 rings (SSSR count). The molecule has 1 amide bonds. The van der Waals surface area contributed by atoms with Gasteiger partial charge in [0.25, 0.3) is 11.6 Å². The molecule has 0 radical (unpaired) electrons. The summed E-state index contributed by atoms with van der Waals surface area (Å²) in [5.41, 5.74) is 0.221. The third kappa shape index (κ3) is 4.54. The van der Waals surface area contributed by atoms with Crippen molar-refractivity contribution in [2.45, 2.75) is 11.8 Å². The molecular formula is C19H21N3O6S. The Morgan fingerprint density at radius 1 is 1.10 bits per heavy atom. The molecule has 0 unspecified atom stereocenters. The third-order valence-electron chi connectivity index (χ3n) is 4.60. The van der Waals surface area contributed by atoms with Gasteiger partial charge in [0.1, 0.15) is 5.75 Å². The average molecular weight is 419 g/mol. The van der Waals surface area contributed by atoms with Gasteiger partial charge in [-0.3, -0.25) is 14.9 Å². The molecule has 29 heavy (non-hydrogen) atoms. The third-order valence-corrected chi connectivity index (χ3v) is 6.50. The number of rotatable bonds is 6. The Morgan fingerprint density at radius 3 is 2.34 bits per heavy atom. The smallest absolute Gasteiger partial charge is 0.270 e. The van der Waals surface area contributed by atoms with Gasteiger partial charge in [0.2, 0.25) is 10.0 Å². The lowest BCUT2D eigenvalue weighted by atomic mass is 10.2. The van der Waals surface area contributed by atoms with E-state index in [-0.39, 0.29) is 42.7 Å². The van der Waals surface area contributed by atoms with Crippen molar-refractivity contribution in [3.05, 3.63) is 64.2 Å². The van der Waals surface area contributed by atoms with Crippen molar-refractivity contribution in [3.63, 3.8) is 0 Å². The van der Waals surface area contributed by atoms with Crippen LogP contribution >= 0.6 is 0 Å². The largest absolute Gasteiger partial charge is 0.494 e. The van der Waals surface area contributed by atoms with E-state index in [2.05, 4.69) is 0 Å². The number of carbonyl (C=O) groups is 1. The Labute approximate surface area is 168 Å². The number of hydrogen-bond donors (Lipinski definition) is 0. The second kappa shape index (κ2) is 8.58. The highest BCUT2D eigenvalue weighted by atomic mass is 32.2. The van der Waals surface area contributed by atoms with E-state index in [1.54, 1.807) is 29.2 Å². The summed E-state index contributed by atoms with van der Waals surface area (Å²) in [4.78, 5) is 24.4. The monoisotopic (exact) mass is 419 g/mol. The summed E-state index contributed by atoms with van der Waals surface area (Å²) in [7, 11) is -3.87. The van der Waals surface area contributed by atoms with Gasteiger partial charge in [0.05, 0.1) is 16.4 Å². The van der Waals surface area contributed by atoms with Crippen LogP contribution in [0.15, 0.2) is 53.4 Å². The Kier molecular flexibility index (Phi) is 6.14. The molecule has 0 bridgehead atoms. The number of amides is 1. The van der Waals surface area contributed by atoms with Crippen LogP contribution in [0.2, 0.25) is 0 Å². The van der Waals surface area contributed by atoms with E-state index in [1.807, 2.05) is 6.92 Å². The molecule has 10 heteroatoms. The summed E-state index contributed by atoms with van der Waals surface area (Å²) < 4.78 is 32.2. The predicted molar refractivity (Wildman–Crippen MR) is 105 cm³/mol. The first-order chi connectivity index (χ1) is 13.8. The second-order valence-corrected chi connectivity index (χ2v) is 8.35. The van der Waals surface area contributed by atoms with E-state index < -0.39 is 14.9 Å². The zero-order valence-electron chi connectivity index (χ0n) is 15.9. The van der Waals surface area contributed by atoms with Gasteiger partial charge in [-0.05, 0) is 37.3 Å². The first kappa shape index (κ1) is 20.7. The summed E-state index contributed by atoms with van der Waals surface area (Å²) in [5.74, 6) is 0.498. The standard InChI is InChI=1S/C19H21N3O6S/c1-2-28-17-8-6-15(7-9-17)19(23)20-10-12-21(13-11-20)29(26,27)18-5-3-4-16(14-18)22(24)25/h3-9,14H,2,10-13H2,1H3. The molecular weight excluding hydrogens is 398 g/mol. The summed E-state index contributed by atoms with van der Waals surface area (Å²) >= 11 is 0. The van der Waals surface area contributed by atoms with Crippen LogP contribution in [0.5, 0.6) is 5.75 Å². The van der Waals surface area contributed by atoms with Crippen molar-refractivity contribution < 1.29 is 22.9 Å². The van der Waals surface area contributed by atoms with Gasteiger partial charge in [-0.25, -0.2) is 8.42 Å². The molecule has 0 atom stereocenters. The van der Waals surface area contributed by atoms with Crippen molar-refractivity contribution in [3.8, 4) is 5.75 Å². The van der Waals surface area contributed by atoms with Crippen molar-refractivity contribution in [1.29, 1.82) is 0 Å². The van der Waals surface area contributed by atoms with Crippen molar-refractivity contribution >= 4 is 21.6 Å². The second-order valence-electron chi connectivity index (χ2n) is 6.41. The van der Waals surface area contributed by atoms with E-state index in [4.69, 9.17) is 4.74 Å². The first-order valence-electron chi connectivity index (χ1n) is 9.09. The van der Waals surface area contributed by atoms with Crippen LogP contribution < -0.4 is 4.74 Å². The lowest BCUT2D eigenvalue weighted by molar-refractivity contribution is -0.385. The maximum Gasteiger partial charge on any atom is 0.270 e. The van der Waals surface area contributed by atoms with Gasteiger partial charge < -0.3 is 9.64 Å². The van der Waals surface area contributed by atoms with Crippen LogP contribution in [0.3, 0.4) is 0 Å². The molecule has 0 N–H and O–H groups in total. The molecule has 154 valence electrons. The molecule has 0 spiro atoms. The fourth-order valence-electron chi connectivity index (χ4n) is 3.08. The van der Waals surface area contributed by atoms with Crippen LogP contribution in [0.25, 0.3) is 0 Å². The molecule has 2 aromatic carbocycles. The Hall–Kier alpha value is -2.98. The maximum absolute atomic E-state index is 12.8. The zero-order chi connectivity index (χ0) is 21.0.